The van der Waals surface area contributed by atoms with Crippen LogP contribution in [-0.2, 0) is 11.3 Å². The van der Waals surface area contributed by atoms with Crippen molar-refractivity contribution in [3.63, 3.8) is 0 Å². The molecule has 1 aromatic heterocycles. The van der Waals surface area contributed by atoms with Crippen molar-refractivity contribution in [2.24, 2.45) is 0 Å². The quantitative estimate of drug-likeness (QED) is 0.904. The molecule has 0 radical (unpaired) electrons. The van der Waals surface area contributed by atoms with Gasteiger partial charge < -0.3 is 15.0 Å². The van der Waals surface area contributed by atoms with Gasteiger partial charge >= 0.3 is 6.18 Å². The lowest BCUT2D eigenvalue weighted by atomic mass is 10.1. The lowest BCUT2D eigenvalue weighted by molar-refractivity contribution is -0.245. The Morgan fingerprint density at radius 1 is 1.30 bits per heavy atom. The van der Waals surface area contributed by atoms with Gasteiger partial charge in [0.2, 0.25) is 5.60 Å². The van der Waals surface area contributed by atoms with E-state index in [9.17, 15) is 23.1 Å². The summed E-state index contributed by atoms with van der Waals surface area (Å²) in [6.07, 6.45) is -1.59. The molecule has 124 valence electrons. The van der Waals surface area contributed by atoms with E-state index < -0.39 is 17.7 Å². The second kappa shape index (κ2) is 6.04. The molecule has 1 atom stereocenters. The van der Waals surface area contributed by atoms with Crippen molar-refractivity contribution in [1.82, 2.24) is 14.9 Å². The number of nitrogens with zero attached hydrogens (tertiary/aromatic N) is 2. The van der Waals surface area contributed by atoms with Crippen molar-refractivity contribution < 1.29 is 23.1 Å². The molecule has 0 spiro atoms. The van der Waals surface area contributed by atoms with Crippen molar-refractivity contribution in [2.75, 3.05) is 0 Å². The number of hydrogen-bond donors (Lipinski definition) is 2. The molecule has 1 amide bonds. The molecule has 23 heavy (non-hydrogen) atoms. The van der Waals surface area contributed by atoms with E-state index in [1.165, 1.54) is 0 Å². The van der Waals surface area contributed by atoms with E-state index in [1.807, 2.05) is 11.5 Å². The first-order valence-corrected chi connectivity index (χ1v) is 6.79. The van der Waals surface area contributed by atoms with Gasteiger partial charge in [0.25, 0.3) is 5.91 Å². The number of benzene rings is 1. The molecule has 0 saturated carbocycles. The fourth-order valence-corrected chi connectivity index (χ4v) is 1.91. The number of rotatable bonds is 4. The molecule has 2 N–H and O–H groups in total. The number of imidazole rings is 1. The maximum absolute atomic E-state index is 12.5. The highest BCUT2D eigenvalue weighted by Crippen LogP contribution is 2.30. The molecular formula is C15H16F3N3O2. The van der Waals surface area contributed by atoms with Crippen molar-refractivity contribution in [2.45, 2.75) is 32.2 Å². The summed E-state index contributed by atoms with van der Waals surface area (Å²) in [4.78, 5) is 15.6. The van der Waals surface area contributed by atoms with Gasteiger partial charge in [0.15, 0.2) is 0 Å². The van der Waals surface area contributed by atoms with Crippen LogP contribution in [0.3, 0.4) is 0 Å². The van der Waals surface area contributed by atoms with Gasteiger partial charge in [-0.2, -0.15) is 13.2 Å². The number of amides is 1. The van der Waals surface area contributed by atoms with E-state index >= 15 is 0 Å². The Bertz CT molecular complexity index is 691. The van der Waals surface area contributed by atoms with Crippen LogP contribution in [0.2, 0.25) is 0 Å². The number of aliphatic hydroxyl groups is 1. The maximum atomic E-state index is 12.5. The minimum Gasteiger partial charge on any atom is -0.373 e. The van der Waals surface area contributed by atoms with Gasteiger partial charge in [0.05, 0.1) is 0 Å². The molecule has 0 aliphatic rings. The Balaban J connectivity index is 2.02. The van der Waals surface area contributed by atoms with Crippen LogP contribution < -0.4 is 5.32 Å². The van der Waals surface area contributed by atoms with Gasteiger partial charge in [0.1, 0.15) is 5.82 Å². The summed E-state index contributed by atoms with van der Waals surface area (Å²) in [5.74, 6) is -0.688. The molecule has 1 heterocycles. The van der Waals surface area contributed by atoms with E-state index in [1.54, 1.807) is 36.7 Å². The minimum absolute atomic E-state index is 0.117. The normalized spacial score (nSPS) is 14.3. The van der Waals surface area contributed by atoms with Gasteiger partial charge in [-0.05, 0) is 31.5 Å². The van der Waals surface area contributed by atoms with E-state index in [4.69, 9.17) is 0 Å². The molecule has 1 unspecified atom stereocenters. The van der Waals surface area contributed by atoms with Crippen LogP contribution >= 0.6 is 0 Å². The number of halogens is 3. The second-order valence-electron chi connectivity index (χ2n) is 5.26. The zero-order valence-electron chi connectivity index (χ0n) is 12.6. The predicted molar refractivity (Wildman–Crippen MR) is 76.8 cm³/mol. The van der Waals surface area contributed by atoms with Crippen molar-refractivity contribution >= 4 is 5.91 Å². The van der Waals surface area contributed by atoms with Crippen molar-refractivity contribution in [3.05, 3.63) is 48.0 Å². The van der Waals surface area contributed by atoms with Crippen LogP contribution in [0, 0.1) is 6.92 Å². The average Bonchev–Trinajstić information content (AvgIpc) is 2.90. The van der Waals surface area contributed by atoms with Crippen molar-refractivity contribution in [3.8, 4) is 5.69 Å². The lowest BCUT2D eigenvalue weighted by Crippen LogP contribution is -2.54. The number of hydrogen-bond acceptors (Lipinski definition) is 3. The number of carbonyl (C=O) groups excluding carboxylic acids is 1. The number of aryl methyl sites for hydroxylation is 1. The first-order chi connectivity index (χ1) is 10.6. The molecule has 0 saturated heterocycles. The van der Waals surface area contributed by atoms with E-state index in [0.717, 1.165) is 11.5 Å². The molecule has 0 aliphatic heterocycles. The van der Waals surface area contributed by atoms with Gasteiger partial charge in [-0.3, -0.25) is 4.79 Å². The monoisotopic (exact) mass is 327 g/mol. The Labute approximate surface area is 130 Å². The molecule has 8 heteroatoms. The largest absolute Gasteiger partial charge is 0.426 e. The first kappa shape index (κ1) is 17.0. The topological polar surface area (TPSA) is 67.2 Å². The summed E-state index contributed by atoms with van der Waals surface area (Å²) >= 11 is 0. The van der Waals surface area contributed by atoms with Gasteiger partial charge in [-0.1, -0.05) is 12.1 Å². The zero-order chi connectivity index (χ0) is 17.3. The van der Waals surface area contributed by atoms with Gasteiger partial charge in [-0.25, -0.2) is 4.98 Å². The highest BCUT2D eigenvalue weighted by molar-refractivity contribution is 5.85. The highest BCUT2D eigenvalue weighted by Gasteiger charge is 2.55. The van der Waals surface area contributed by atoms with Gasteiger partial charge in [0, 0.05) is 24.6 Å². The van der Waals surface area contributed by atoms with E-state index in [0.29, 0.717) is 12.5 Å². The maximum Gasteiger partial charge on any atom is 0.426 e. The average molecular weight is 327 g/mol. The molecule has 2 rings (SSSR count). The molecule has 0 fully saturated rings. The van der Waals surface area contributed by atoms with Crippen LogP contribution in [0.5, 0.6) is 0 Å². The number of aromatic nitrogens is 2. The van der Waals surface area contributed by atoms with E-state index in [2.05, 4.69) is 10.3 Å². The van der Waals surface area contributed by atoms with Gasteiger partial charge in [-0.15, -0.1) is 0 Å². The molecule has 0 bridgehead atoms. The highest BCUT2D eigenvalue weighted by atomic mass is 19.4. The van der Waals surface area contributed by atoms with Crippen LogP contribution in [0.4, 0.5) is 13.2 Å². The molecule has 1 aromatic carbocycles. The fourth-order valence-electron chi connectivity index (χ4n) is 1.91. The second-order valence-corrected chi connectivity index (χ2v) is 5.26. The Hall–Kier alpha value is -2.35. The number of nitrogens with one attached hydrogen (secondary N) is 1. The third-order valence-electron chi connectivity index (χ3n) is 3.49. The van der Waals surface area contributed by atoms with E-state index in [-0.39, 0.29) is 6.54 Å². The smallest absolute Gasteiger partial charge is 0.373 e. The fraction of sp³-hybridized carbons (Fsp3) is 0.333. The minimum atomic E-state index is -5.03. The van der Waals surface area contributed by atoms with Crippen LogP contribution in [0.1, 0.15) is 18.3 Å². The summed E-state index contributed by atoms with van der Waals surface area (Å²) in [7, 11) is 0. The summed E-state index contributed by atoms with van der Waals surface area (Å²) < 4.78 is 39.5. The predicted octanol–water partition coefficient (Wildman–Crippen LogP) is 2.11. The molecule has 2 aromatic rings. The summed E-state index contributed by atoms with van der Waals surface area (Å²) in [5.41, 5.74) is -1.96. The summed E-state index contributed by atoms with van der Waals surface area (Å²) in [5, 5.41) is 11.3. The van der Waals surface area contributed by atoms with Crippen LogP contribution in [0.15, 0.2) is 36.7 Å². The standard InChI is InChI=1S/C15H16F3N3O2/c1-10-19-7-8-21(10)12-5-3-11(4-6-12)9-20-13(22)14(2,23)15(16,17)18/h3-8,23H,9H2,1-2H3,(H,20,22). The number of alkyl halides is 3. The Morgan fingerprint density at radius 3 is 2.39 bits per heavy atom. The molecular weight excluding hydrogens is 311 g/mol. The Morgan fingerprint density at radius 2 is 1.91 bits per heavy atom. The molecule has 0 aliphatic carbocycles. The van der Waals surface area contributed by atoms with Crippen LogP contribution in [-0.4, -0.2) is 32.3 Å². The SMILES string of the molecule is Cc1nccn1-c1ccc(CNC(=O)C(C)(O)C(F)(F)F)cc1. The van der Waals surface area contributed by atoms with Crippen LogP contribution in [0.25, 0.3) is 5.69 Å². The Kier molecular flexibility index (Phi) is 4.46. The van der Waals surface area contributed by atoms with Crippen molar-refractivity contribution in [1.29, 1.82) is 0 Å². The third kappa shape index (κ3) is 3.53. The zero-order valence-corrected chi connectivity index (χ0v) is 12.6. The molecule has 5 nitrogen and oxygen atoms in total. The number of carbonyl (C=O) groups is 1. The summed E-state index contributed by atoms with van der Waals surface area (Å²) in [6, 6.07) is 6.88. The third-order valence-corrected chi connectivity index (χ3v) is 3.49. The first-order valence-electron chi connectivity index (χ1n) is 6.79. The lowest BCUT2D eigenvalue weighted by Gasteiger charge is -2.24. The summed E-state index contributed by atoms with van der Waals surface area (Å²) in [6.45, 7) is 2.15.